The van der Waals surface area contributed by atoms with Crippen LogP contribution in [-0.2, 0) is 12.8 Å². The van der Waals surface area contributed by atoms with E-state index in [2.05, 4.69) is 32.7 Å². The number of benzene rings is 2. The van der Waals surface area contributed by atoms with E-state index < -0.39 is 5.82 Å². The Morgan fingerprint density at radius 2 is 1.86 bits per heavy atom. The van der Waals surface area contributed by atoms with Crippen molar-refractivity contribution in [3.63, 3.8) is 0 Å². The van der Waals surface area contributed by atoms with Gasteiger partial charge < -0.3 is 10.6 Å². The molecule has 0 radical (unpaired) electrons. The number of nitrogens with one attached hydrogen (secondary N) is 2. The Kier molecular flexibility index (Phi) is 6.23. The summed E-state index contributed by atoms with van der Waals surface area (Å²) in [6.45, 7) is 1.93. The molecule has 0 unspecified atom stereocenters. The minimum absolute atomic E-state index is 0.000665. The van der Waals surface area contributed by atoms with E-state index in [1.54, 1.807) is 36.4 Å². The lowest BCUT2D eigenvalue weighted by atomic mass is 10.1. The van der Waals surface area contributed by atoms with Crippen LogP contribution in [0.25, 0.3) is 0 Å². The van der Waals surface area contributed by atoms with E-state index in [1.807, 2.05) is 6.92 Å². The number of rotatable bonds is 6. The van der Waals surface area contributed by atoms with Crippen molar-refractivity contribution < 1.29 is 4.39 Å². The van der Waals surface area contributed by atoms with Crippen molar-refractivity contribution >= 4 is 34.7 Å². The highest BCUT2D eigenvalue weighted by atomic mass is 35.5. The van der Waals surface area contributed by atoms with E-state index in [1.165, 1.54) is 0 Å². The minimum Gasteiger partial charge on any atom is -0.338 e. The Labute approximate surface area is 172 Å². The van der Waals surface area contributed by atoms with Crippen molar-refractivity contribution in [1.29, 1.82) is 10.5 Å². The van der Waals surface area contributed by atoms with Crippen LogP contribution < -0.4 is 10.6 Å². The average molecular weight is 407 g/mol. The fraction of sp³-hybridized carbons (Fsp3) is 0.143. The summed E-state index contributed by atoms with van der Waals surface area (Å²) in [5, 5.41) is 24.3. The van der Waals surface area contributed by atoms with E-state index >= 15 is 0 Å². The number of aryl methyl sites for hydroxylation is 1. The number of hydrogen-bond donors (Lipinski definition) is 2. The van der Waals surface area contributed by atoms with Crippen molar-refractivity contribution in [3.05, 3.63) is 70.1 Å². The van der Waals surface area contributed by atoms with Crippen LogP contribution in [0.2, 0.25) is 5.02 Å². The summed E-state index contributed by atoms with van der Waals surface area (Å²) in [6.07, 6.45) is 2.02. The SMILES string of the molecule is CCc1cc(Nc2ncc(F)c(Nc3ccc(CC#N)cc3)n2)cc(C#N)c1Cl. The summed E-state index contributed by atoms with van der Waals surface area (Å²) in [6, 6.07) is 14.6. The first-order chi connectivity index (χ1) is 14.0. The second-order valence-corrected chi connectivity index (χ2v) is 6.51. The quantitative estimate of drug-likeness (QED) is 0.579. The third-order valence-electron chi connectivity index (χ3n) is 4.15. The molecule has 3 rings (SSSR count). The third kappa shape index (κ3) is 4.78. The molecule has 0 aliphatic carbocycles. The molecular weight excluding hydrogens is 391 g/mol. The molecule has 1 heterocycles. The molecule has 0 amide bonds. The zero-order chi connectivity index (χ0) is 20.8. The summed E-state index contributed by atoms with van der Waals surface area (Å²) in [7, 11) is 0. The third-order valence-corrected chi connectivity index (χ3v) is 4.60. The minimum atomic E-state index is -0.611. The maximum atomic E-state index is 14.2. The van der Waals surface area contributed by atoms with E-state index in [4.69, 9.17) is 16.9 Å². The van der Waals surface area contributed by atoms with Crippen molar-refractivity contribution in [3.8, 4) is 12.1 Å². The van der Waals surface area contributed by atoms with E-state index in [9.17, 15) is 9.65 Å². The molecule has 3 aromatic rings. The summed E-state index contributed by atoms with van der Waals surface area (Å²) in [4.78, 5) is 8.14. The molecule has 0 aliphatic heterocycles. The summed E-state index contributed by atoms with van der Waals surface area (Å²) < 4.78 is 14.2. The normalized spacial score (nSPS) is 10.1. The molecule has 0 saturated heterocycles. The molecule has 2 aromatic carbocycles. The van der Waals surface area contributed by atoms with Crippen molar-refractivity contribution in [1.82, 2.24) is 9.97 Å². The average Bonchev–Trinajstić information content (AvgIpc) is 2.73. The molecule has 1 aromatic heterocycles. The van der Waals surface area contributed by atoms with Gasteiger partial charge in [0, 0.05) is 11.4 Å². The van der Waals surface area contributed by atoms with Crippen molar-refractivity contribution in [2.45, 2.75) is 19.8 Å². The van der Waals surface area contributed by atoms with Gasteiger partial charge in [-0.05, 0) is 41.8 Å². The molecule has 0 saturated carbocycles. The Morgan fingerprint density at radius 3 is 2.52 bits per heavy atom. The van der Waals surface area contributed by atoms with Crippen LogP contribution in [0.5, 0.6) is 0 Å². The highest BCUT2D eigenvalue weighted by Crippen LogP contribution is 2.28. The lowest BCUT2D eigenvalue weighted by Gasteiger charge is -2.12. The van der Waals surface area contributed by atoms with Gasteiger partial charge in [-0.3, -0.25) is 0 Å². The van der Waals surface area contributed by atoms with Gasteiger partial charge in [0.2, 0.25) is 5.95 Å². The monoisotopic (exact) mass is 406 g/mol. The molecule has 0 fully saturated rings. The van der Waals surface area contributed by atoms with Crippen LogP contribution in [0.4, 0.5) is 27.5 Å². The standard InChI is InChI=1S/C21H16ClFN6/c1-2-14-9-17(10-15(11-25)19(14)22)28-21-26-12-18(23)20(29-21)27-16-5-3-13(4-6-16)7-8-24/h3-6,9-10,12H,2,7H2,1H3,(H2,26,27,28,29). The first kappa shape index (κ1) is 20.1. The predicted octanol–water partition coefficient (Wildman–Crippen LogP) is 5.26. The lowest BCUT2D eigenvalue weighted by Crippen LogP contribution is -2.04. The fourth-order valence-electron chi connectivity index (χ4n) is 2.67. The number of nitrogens with zero attached hydrogens (tertiary/aromatic N) is 4. The maximum Gasteiger partial charge on any atom is 0.229 e. The predicted molar refractivity (Wildman–Crippen MR) is 110 cm³/mol. The molecule has 6 nitrogen and oxygen atoms in total. The van der Waals surface area contributed by atoms with Crippen molar-refractivity contribution in [2.75, 3.05) is 10.6 Å². The molecule has 2 N–H and O–H groups in total. The second-order valence-electron chi connectivity index (χ2n) is 6.13. The van der Waals surface area contributed by atoms with Gasteiger partial charge in [-0.15, -0.1) is 0 Å². The summed E-state index contributed by atoms with van der Waals surface area (Å²) in [5.74, 6) is -0.441. The van der Waals surface area contributed by atoms with Gasteiger partial charge in [0.05, 0.1) is 29.3 Å². The molecule has 0 spiro atoms. The molecule has 0 aliphatic rings. The number of aromatic nitrogens is 2. The van der Waals surface area contributed by atoms with Gasteiger partial charge in [-0.1, -0.05) is 30.7 Å². The highest BCUT2D eigenvalue weighted by Gasteiger charge is 2.11. The number of hydrogen-bond acceptors (Lipinski definition) is 6. The van der Waals surface area contributed by atoms with Crippen LogP contribution in [-0.4, -0.2) is 9.97 Å². The molecule has 0 atom stereocenters. The second kappa shape index (κ2) is 9.01. The largest absolute Gasteiger partial charge is 0.338 e. The smallest absolute Gasteiger partial charge is 0.229 e. The molecule has 29 heavy (non-hydrogen) atoms. The van der Waals surface area contributed by atoms with Crippen LogP contribution in [0.1, 0.15) is 23.6 Å². The summed E-state index contributed by atoms with van der Waals surface area (Å²) in [5.41, 5.74) is 3.23. The van der Waals surface area contributed by atoms with Gasteiger partial charge in [0.1, 0.15) is 6.07 Å². The van der Waals surface area contributed by atoms with Gasteiger partial charge in [-0.2, -0.15) is 15.5 Å². The Bertz CT molecular complexity index is 1120. The Hall–Kier alpha value is -3.68. The number of halogens is 2. The molecule has 0 bridgehead atoms. The van der Waals surface area contributed by atoms with Crippen LogP contribution >= 0.6 is 11.6 Å². The van der Waals surface area contributed by atoms with Crippen LogP contribution in [0, 0.1) is 28.5 Å². The zero-order valence-corrected chi connectivity index (χ0v) is 16.3. The first-order valence-corrected chi connectivity index (χ1v) is 9.16. The van der Waals surface area contributed by atoms with Gasteiger partial charge in [0.15, 0.2) is 11.6 Å². The lowest BCUT2D eigenvalue weighted by molar-refractivity contribution is 0.619. The van der Waals surface area contributed by atoms with Gasteiger partial charge >= 0.3 is 0 Å². The zero-order valence-electron chi connectivity index (χ0n) is 15.5. The molecule has 144 valence electrons. The van der Waals surface area contributed by atoms with Gasteiger partial charge in [-0.25, -0.2) is 9.37 Å². The summed E-state index contributed by atoms with van der Waals surface area (Å²) >= 11 is 6.19. The fourth-order valence-corrected chi connectivity index (χ4v) is 2.96. The Morgan fingerprint density at radius 1 is 1.10 bits per heavy atom. The van der Waals surface area contributed by atoms with Crippen LogP contribution in [0.15, 0.2) is 42.6 Å². The molecule has 8 heteroatoms. The number of nitriles is 2. The van der Waals surface area contributed by atoms with Crippen LogP contribution in [0.3, 0.4) is 0 Å². The maximum absolute atomic E-state index is 14.2. The van der Waals surface area contributed by atoms with Gasteiger partial charge in [0.25, 0.3) is 0 Å². The highest BCUT2D eigenvalue weighted by molar-refractivity contribution is 6.32. The number of anilines is 4. The topological polar surface area (TPSA) is 97.4 Å². The van der Waals surface area contributed by atoms with E-state index in [-0.39, 0.29) is 11.8 Å². The molecular formula is C21H16ClFN6. The Balaban J connectivity index is 1.84. The first-order valence-electron chi connectivity index (χ1n) is 8.79. The van der Waals surface area contributed by atoms with E-state index in [0.717, 1.165) is 17.3 Å². The van der Waals surface area contributed by atoms with E-state index in [0.29, 0.717) is 34.8 Å². The van der Waals surface area contributed by atoms with Crippen molar-refractivity contribution in [2.24, 2.45) is 0 Å².